The molecule has 0 aliphatic carbocycles. The van der Waals surface area contributed by atoms with E-state index < -0.39 is 19.4 Å². The fourth-order valence-corrected chi connectivity index (χ4v) is 3.03. The van der Waals surface area contributed by atoms with E-state index in [0.717, 1.165) is 5.57 Å². The highest BCUT2D eigenvalue weighted by molar-refractivity contribution is 7.55. The highest BCUT2D eigenvalue weighted by Crippen LogP contribution is 2.63. The normalized spacial score (nSPS) is 14.3. The highest BCUT2D eigenvalue weighted by atomic mass is 31.2. The van der Waals surface area contributed by atoms with Gasteiger partial charge in [0.25, 0.3) is 0 Å². The van der Waals surface area contributed by atoms with Crippen LogP contribution < -0.4 is 0 Å². The lowest BCUT2D eigenvalue weighted by atomic mass is 10.1. The molecule has 0 aromatic carbocycles. The third-order valence-electron chi connectivity index (χ3n) is 2.36. The number of rotatable bonds is 9. The summed E-state index contributed by atoms with van der Waals surface area (Å²) in [5.74, 6) is 0. The van der Waals surface area contributed by atoms with Gasteiger partial charge >= 0.3 is 13.3 Å². The van der Waals surface area contributed by atoms with Crippen molar-refractivity contribution in [2.24, 2.45) is 0 Å². The Morgan fingerprint density at radius 3 is 2.16 bits per heavy atom. The van der Waals surface area contributed by atoms with Gasteiger partial charge in [0.2, 0.25) is 0 Å². The molecule has 0 spiro atoms. The first-order valence-corrected chi connectivity index (χ1v) is 7.84. The molecule has 0 aromatic rings. The molecule has 0 saturated carbocycles. The molecule has 114 valence electrons. The van der Waals surface area contributed by atoms with E-state index in [1.165, 1.54) is 13.8 Å². The van der Waals surface area contributed by atoms with Gasteiger partial charge in [0, 0.05) is 0 Å². The van der Waals surface area contributed by atoms with Crippen LogP contribution in [0.4, 0.5) is 8.78 Å². The van der Waals surface area contributed by atoms with Gasteiger partial charge < -0.3 is 14.2 Å². The Morgan fingerprint density at radius 1 is 1.32 bits per heavy atom. The maximum Gasteiger partial charge on any atom is 0.402 e. The Balaban J connectivity index is 4.88. The Kier molecular flexibility index (Phi) is 7.98. The second-order valence-corrected chi connectivity index (χ2v) is 6.40. The molecule has 1 atom stereocenters. The first-order chi connectivity index (χ1) is 8.71. The average molecular weight is 300 g/mol. The SMILES string of the molecule is CCOP(=O)(OCC)C(F)(F)C(O)CCC=C(C)C. The van der Waals surface area contributed by atoms with Gasteiger partial charge in [0.1, 0.15) is 6.10 Å². The van der Waals surface area contributed by atoms with Crippen LogP contribution in [0.15, 0.2) is 11.6 Å². The first kappa shape index (κ1) is 18.7. The minimum Gasteiger partial charge on any atom is -0.386 e. The Morgan fingerprint density at radius 2 is 1.79 bits per heavy atom. The molecule has 0 rings (SSSR count). The lowest BCUT2D eigenvalue weighted by molar-refractivity contribution is -0.0681. The van der Waals surface area contributed by atoms with E-state index in [0.29, 0.717) is 0 Å². The lowest BCUT2D eigenvalue weighted by Gasteiger charge is -2.29. The Labute approximate surface area is 113 Å². The molecule has 0 bridgehead atoms. The molecule has 0 amide bonds. The van der Waals surface area contributed by atoms with Crippen LogP contribution in [0.25, 0.3) is 0 Å². The average Bonchev–Trinajstić information content (AvgIpc) is 2.28. The van der Waals surface area contributed by atoms with Crippen LogP contribution in [0, 0.1) is 0 Å². The molecule has 1 N–H and O–H groups in total. The van der Waals surface area contributed by atoms with Crippen LogP contribution in [0.1, 0.15) is 40.5 Å². The van der Waals surface area contributed by atoms with E-state index in [-0.39, 0.29) is 26.1 Å². The summed E-state index contributed by atoms with van der Waals surface area (Å²) in [5, 5.41) is 9.57. The van der Waals surface area contributed by atoms with Gasteiger partial charge in [-0.25, -0.2) is 0 Å². The van der Waals surface area contributed by atoms with Crippen molar-refractivity contribution in [2.75, 3.05) is 13.2 Å². The molecule has 0 aliphatic rings. The fourth-order valence-electron chi connectivity index (χ4n) is 1.44. The summed E-state index contributed by atoms with van der Waals surface area (Å²) in [7, 11) is -4.65. The molecular weight excluding hydrogens is 277 g/mol. The maximum atomic E-state index is 14.0. The number of hydrogen-bond acceptors (Lipinski definition) is 4. The van der Waals surface area contributed by atoms with Crippen molar-refractivity contribution < 1.29 is 27.5 Å². The van der Waals surface area contributed by atoms with Gasteiger partial charge in [-0.15, -0.1) is 0 Å². The van der Waals surface area contributed by atoms with Crippen molar-refractivity contribution in [1.29, 1.82) is 0 Å². The molecule has 0 fully saturated rings. The largest absolute Gasteiger partial charge is 0.402 e. The van der Waals surface area contributed by atoms with Crippen LogP contribution in [-0.4, -0.2) is 30.1 Å². The molecule has 1 unspecified atom stereocenters. The van der Waals surface area contributed by atoms with Crippen molar-refractivity contribution in [3.05, 3.63) is 11.6 Å². The number of halogens is 2. The van der Waals surface area contributed by atoms with Gasteiger partial charge in [0.05, 0.1) is 13.2 Å². The topological polar surface area (TPSA) is 55.8 Å². The van der Waals surface area contributed by atoms with E-state index in [1.807, 2.05) is 13.8 Å². The van der Waals surface area contributed by atoms with Crippen molar-refractivity contribution in [1.82, 2.24) is 0 Å². The number of allylic oxidation sites excluding steroid dienone is 2. The third-order valence-corrected chi connectivity index (χ3v) is 4.58. The van der Waals surface area contributed by atoms with E-state index in [9.17, 15) is 18.5 Å². The van der Waals surface area contributed by atoms with Crippen molar-refractivity contribution in [3.63, 3.8) is 0 Å². The van der Waals surface area contributed by atoms with Gasteiger partial charge in [-0.1, -0.05) is 11.6 Å². The summed E-state index contributed by atoms with van der Waals surface area (Å²) < 4.78 is 49.1. The standard InChI is InChI=1S/C12H23F2O4P/c1-5-17-19(16,18-6-2)12(13,14)11(15)9-7-8-10(3)4/h8,11,15H,5-7,9H2,1-4H3. The smallest absolute Gasteiger partial charge is 0.386 e. The van der Waals surface area contributed by atoms with Gasteiger partial charge in [0.15, 0.2) is 0 Å². The van der Waals surface area contributed by atoms with Crippen molar-refractivity contribution in [2.45, 2.75) is 52.3 Å². The zero-order valence-corrected chi connectivity index (χ0v) is 12.8. The predicted molar refractivity (Wildman–Crippen MR) is 70.5 cm³/mol. The molecule has 0 radical (unpaired) electrons. The van der Waals surface area contributed by atoms with E-state index in [1.54, 1.807) is 6.08 Å². The summed E-state index contributed by atoms with van der Waals surface area (Å²) in [4.78, 5) is 0. The van der Waals surface area contributed by atoms with Crippen LogP contribution in [-0.2, 0) is 13.6 Å². The van der Waals surface area contributed by atoms with Gasteiger partial charge in [-0.2, -0.15) is 8.78 Å². The molecule has 4 nitrogen and oxygen atoms in total. The third kappa shape index (κ3) is 5.30. The predicted octanol–water partition coefficient (Wildman–Crippen LogP) is 3.95. The second-order valence-electron chi connectivity index (χ2n) is 4.30. The summed E-state index contributed by atoms with van der Waals surface area (Å²) in [6.45, 7) is 6.20. The maximum absolute atomic E-state index is 14.0. The summed E-state index contributed by atoms with van der Waals surface area (Å²) >= 11 is 0. The molecule has 7 heteroatoms. The summed E-state index contributed by atoms with van der Waals surface area (Å²) in [6, 6.07) is 0. The Hall–Kier alpha value is -0.290. The van der Waals surface area contributed by atoms with Crippen LogP contribution in [0.3, 0.4) is 0 Å². The number of aliphatic hydroxyl groups is 1. The van der Waals surface area contributed by atoms with Gasteiger partial charge in [-0.3, -0.25) is 4.57 Å². The van der Waals surface area contributed by atoms with Crippen molar-refractivity contribution in [3.8, 4) is 0 Å². The van der Waals surface area contributed by atoms with Crippen LogP contribution in [0.5, 0.6) is 0 Å². The number of alkyl halides is 2. The number of hydrogen-bond donors (Lipinski definition) is 1. The quantitative estimate of drug-likeness (QED) is 0.517. The minimum atomic E-state index is -4.65. The molecule has 0 aliphatic heterocycles. The minimum absolute atomic E-state index is 0.173. The molecule has 0 heterocycles. The zero-order valence-electron chi connectivity index (χ0n) is 11.9. The molecule has 0 aromatic heterocycles. The first-order valence-electron chi connectivity index (χ1n) is 6.29. The van der Waals surface area contributed by atoms with E-state index in [4.69, 9.17) is 0 Å². The number of aliphatic hydroxyl groups excluding tert-OH is 1. The van der Waals surface area contributed by atoms with Crippen LogP contribution >= 0.6 is 7.60 Å². The second kappa shape index (κ2) is 8.10. The highest BCUT2D eigenvalue weighted by Gasteiger charge is 2.58. The van der Waals surface area contributed by atoms with E-state index >= 15 is 0 Å². The monoisotopic (exact) mass is 300 g/mol. The van der Waals surface area contributed by atoms with Crippen molar-refractivity contribution >= 4 is 7.60 Å². The fraction of sp³-hybridized carbons (Fsp3) is 0.833. The van der Waals surface area contributed by atoms with Crippen LogP contribution in [0.2, 0.25) is 0 Å². The molecule has 0 saturated heterocycles. The lowest BCUT2D eigenvalue weighted by Crippen LogP contribution is -2.35. The molecular formula is C12H23F2O4P. The zero-order chi connectivity index (χ0) is 15.1. The Bertz CT molecular complexity index is 331. The summed E-state index contributed by atoms with van der Waals surface area (Å²) in [6.07, 6.45) is -0.266. The summed E-state index contributed by atoms with van der Waals surface area (Å²) in [5.41, 5.74) is -2.94. The van der Waals surface area contributed by atoms with E-state index in [2.05, 4.69) is 9.05 Å². The molecule has 19 heavy (non-hydrogen) atoms. The van der Waals surface area contributed by atoms with Gasteiger partial charge in [-0.05, 0) is 40.5 Å².